The van der Waals surface area contributed by atoms with Crippen LogP contribution < -0.4 is 10.6 Å². The fourth-order valence-corrected chi connectivity index (χ4v) is 4.81. The fraction of sp³-hybridized carbons (Fsp3) is 0.478. The van der Waals surface area contributed by atoms with Gasteiger partial charge in [-0.25, -0.2) is 14.1 Å². The van der Waals surface area contributed by atoms with E-state index in [1.54, 1.807) is 16.8 Å². The second kappa shape index (κ2) is 8.17. The van der Waals surface area contributed by atoms with E-state index in [0.717, 1.165) is 56.5 Å². The highest BCUT2D eigenvalue weighted by atomic mass is 19.1. The topological polar surface area (TPSA) is 114 Å². The summed E-state index contributed by atoms with van der Waals surface area (Å²) in [7, 11) is 0. The molecule has 3 N–H and O–H groups in total. The number of rotatable bonds is 6. The molecule has 6 rings (SSSR count). The molecule has 178 valence electrons. The Morgan fingerprint density at radius 1 is 1.12 bits per heavy atom. The van der Waals surface area contributed by atoms with Gasteiger partial charge in [-0.15, -0.1) is 5.10 Å². The summed E-state index contributed by atoms with van der Waals surface area (Å²) in [6.07, 6.45) is 3.36. The maximum Gasteiger partial charge on any atom is 0.225 e. The van der Waals surface area contributed by atoms with Crippen LogP contribution in [0.4, 0.5) is 16.0 Å². The Morgan fingerprint density at radius 2 is 1.91 bits per heavy atom. The Hall–Kier alpha value is -3.31. The van der Waals surface area contributed by atoms with Gasteiger partial charge in [0, 0.05) is 32.7 Å². The quantitative estimate of drug-likeness (QED) is 0.443. The molecule has 1 aromatic carbocycles. The van der Waals surface area contributed by atoms with E-state index >= 15 is 0 Å². The smallest absolute Gasteiger partial charge is 0.225 e. The number of nitrogens with two attached hydrogens (primary N) is 1. The van der Waals surface area contributed by atoms with Crippen molar-refractivity contribution in [2.75, 3.05) is 43.4 Å². The number of fused-ring (bicyclic) bond motifs is 3. The second-order valence-corrected chi connectivity index (χ2v) is 9.29. The van der Waals surface area contributed by atoms with Crippen molar-refractivity contribution in [1.29, 1.82) is 0 Å². The monoisotopic (exact) mass is 465 g/mol. The molecular weight excluding hydrogens is 437 g/mol. The third-order valence-electron chi connectivity index (χ3n) is 6.92. The Balaban J connectivity index is 1.12. The molecule has 10 nitrogen and oxygen atoms in total. The molecule has 1 saturated carbocycles. The van der Waals surface area contributed by atoms with E-state index in [1.165, 1.54) is 6.07 Å². The first kappa shape index (κ1) is 21.2. The summed E-state index contributed by atoms with van der Waals surface area (Å²) >= 11 is 0. The molecule has 0 radical (unpaired) electrons. The van der Waals surface area contributed by atoms with Crippen molar-refractivity contribution in [2.24, 2.45) is 5.92 Å². The van der Waals surface area contributed by atoms with Crippen LogP contribution >= 0.6 is 0 Å². The molecule has 0 spiro atoms. The molecule has 1 atom stereocenters. The molecule has 34 heavy (non-hydrogen) atoms. The van der Waals surface area contributed by atoms with E-state index in [4.69, 9.17) is 5.73 Å². The number of nitrogen functional groups attached to an aromatic ring is 1. The number of nitrogens with zero attached hydrogens (tertiary/aromatic N) is 8. The van der Waals surface area contributed by atoms with E-state index in [9.17, 15) is 9.50 Å². The fourth-order valence-electron chi connectivity index (χ4n) is 4.81. The molecule has 2 aliphatic rings. The largest absolute Gasteiger partial charge is 0.388 e. The van der Waals surface area contributed by atoms with Crippen LogP contribution in [0.3, 0.4) is 0 Å². The highest BCUT2D eigenvalue weighted by molar-refractivity contribution is 5.89. The first-order valence-corrected chi connectivity index (χ1v) is 11.8. The number of aryl methyl sites for hydroxylation is 1. The van der Waals surface area contributed by atoms with Crippen molar-refractivity contribution in [2.45, 2.75) is 32.4 Å². The zero-order valence-corrected chi connectivity index (χ0v) is 19.1. The molecule has 1 aliphatic carbocycles. The summed E-state index contributed by atoms with van der Waals surface area (Å²) in [4.78, 5) is 13.4. The predicted molar refractivity (Wildman–Crippen MR) is 126 cm³/mol. The van der Waals surface area contributed by atoms with Crippen molar-refractivity contribution in [3.05, 3.63) is 41.6 Å². The number of benzene rings is 1. The number of piperazine rings is 1. The first-order valence-electron chi connectivity index (χ1n) is 11.8. The van der Waals surface area contributed by atoms with Gasteiger partial charge in [-0.1, -0.05) is 6.07 Å². The minimum atomic E-state index is -0.491. The lowest BCUT2D eigenvalue weighted by Crippen LogP contribution is -2.47. The molecule has 3 aromatic heterocycles. The van der Waals surface area contributed by atoms with Gasteiger partial charge >= 0.3 is 0 Å². The minimum Gasteiger partial charge on any atom is -0.388 e. The van der Waals surface area contributed by atoms with Gasteiger partial charge in [0.15, 0.2) is 11.3 Å². The zero-order valence-electron chi connectivity index (χ0n) is 19.1. The van der Waals surface area contributed by atoms with Crippen LogP contribution in [-0.4, -0.2) is 72.1 Å². The van der Waals surface area contributed by atoms with Crippen molar-refractivity contribution >= 4 is 28.3 Å². The van der Waals surface area contributed by atoms with Crippen molar-refractivity contribution < 1.29 is 9.50 Å². The number of aliphatic hydroxyl groups is 1. The van der Waals surface area contributed by atoms with Gasteiger partial charge in [-0.3, -0.25) is 4.90 Å². The van der Waals surface area contributed by atoms with Crippen molar-refractivity contribution in [1.82, 2.24) is 34.3 Å². The van der Waals surface area contributed by atoms with E-state index in [2.05, 4.69) is 30.0 Å². The summed E-state index contributed by atoms with van der Waals surface area (Å²) in [5.41, 5.74) is 8.84. The average molecular weight is 466 g/mol. The summed E-state index contributed by atoms with van der Waals surface area (Å²) in [5, 5.41) is 20.1. The minimum absolute atomic E-state index is 0.234. The van der Waals surface area contributed by atoms with E-state index in [0.29, 0.717) is 35.3 Å². The SMILES string of the molecule is Cc1nc2c3cnn(CCN4CCN(c5cc(C(O)C6CC6)ccc5F)CC4)c3nc(N)n2n1. The van der Waals surface area contributed by atoms with Crippen LogP contribution in [0.25, 0.3) is 16.7 Å². The van der Waals surface area contributed by atoms with Crippen LogP contribution in [-0.2, 0) is 6.54 Å². The molecule has 1 aliphatic heterocycles. The van der Waals surface area contributed by atoms with Crippen LogP contribution in [0.5, 0.6) is 0 Å². The molecule has 1 unspecified atom stereocenters. The number of hydrogen-bond donors (Lipinski definition) is 2. The van der Waals surface area contributed by atoms with Gasteiger partial charge in [0.05, 0.1) is 29.9 Å². The Morgan fingerprint density at radius 3 is 2.68 bits per heavy atom. The summed E-state index contributed by atoms with van der Waals surface area (Å²) in [6, 6.07) is 5.02. The Bertz CT molecular complexity index is 1350. The third-order valence-corrected chi connectivity index (χ3v) is 6.92. The van der Waals surface area contributed by atoms with Crippen LogP contribution in [0.2, 0.25) is 0 Å². The molecular formula is C23H28FN9O. The lowest BCUT2D eigenvalue weighted by atomic mass is 10.0. The van der Waals surface area contributed by atoms with E-state index in [-0.39, 0.29) is 11.8 Å². The zero-order chi connectivity index (χ0) is 23.4. The lowest BCUT2D eigenvalue weighted by molar-refractivity contribution is 0.153. The van der Waals surface area contributed by atoms with Crippen LogP contribution in [0.1, 0.15) is 30.3 Å². The molecule has 2 fully saturated rings. The van der Waals surface area contributed by atoms with Crippen LogP contribution in [0, 0.1) is 18.7 Å². The highest BCUT2D eigenvalue weighted by Gasteiger charge is 2.31. The van der Waals surface area contributed by atoms with Gasteiger partial charge in [-0.05, 0) is 43.4 Å². The maximum absolute atomic E-state index is 14.6. The molecule has 0 bridgehead atoms. The summed E-state index contributed by atoms with van der Waals surface area (Å²) in [6.45, 7) is 6.37. The normalized spacial score (nSPS) is 18.3. The number of aliphatic hydroxyl groups excluding tert-OH is 1. The molecule has 1 saturated heterocycles. The summed E-state index contributed by atoms with van der Waals surface area (Å²) in [5.74, 6) is 1.01. The molecule has 4 aromatic rings. The van der Waals surface area contributed by atoms with Gasteiger partial charge < -0.3 is 15.7 Å². The predicted octanol–water partition coefficient (Wildman–Crippen LogP) is 1.77. The molecule has 4 heterocycles. The van der Waals surface area contributed by atoms with E-state index in [1.807, 2.05) is 17.7 Å². The first-order chi connectivity index (χ1) is 16.5. The second-order valence-electron chi connectivity index (χ2n) is 9.29. The van der Waals surface area contributed by atoms with Gasteiger partial charge in [-0.2, -0.15) is 14.6 Å². The standard InChI is InChI=1S/C23H28FN9O/c1-14-27-22-17-13-26-32(21(17)28-23(25)33(22)29-14)11-8-30-6-9-31(10-7-30)19-12-16(4-5-18(19)24)20(34)15-2-3-15/h4-5,12-13,15,20,34H,2-3,6-11H2,1H3,(H2,25,28). The Labute approximate surface area is 195 Å². The van der Waals surface area contributed by atoms with Crippen molar-refractivity contribution in [3.63, 3.8) is 0 Å². The maximum atomic E-state index is 14.6. The van der Waals surface area contributed by atoms with Gasteiger partial charge in [0.25, 0.3) is 0 Å². The molecule has 11 heteroatoms. The Kier molecular flexibility index (Phi) is 5.10. The number of hydrogen-bond acceptors (Lipinski definition) is 8. The lowest BCUT2D eigenvalue weighted by Gasteiger charge is -2.36. The number of aromatic nitrogens is 6. The van der Waals surface area contributed by atoms with Crippen LogP contribution in [0.15, 0.2) is 24.4 Å². The average Bonchev–Trinajstić information content (AvgIpc) is 3.50. The highest BCUT2D eigenvalue weighted by Crippen LogP contribution is 2.41. The van der Waals surface area contributed by atoms with Gasteiger partial charge in [0.1, 0.15) is 11.6 Å². The van der Waals surface area contributed by atoms with Crippen molar-refractivity contribution in [3.8, 4) is 0 Å². The number of anilines is 2. The van der Waals surface area contributed by atoms with Gasteiger partial charge in [0.2, 0.25) is 5.95 Å². The number of halogens is 1. The van der Waals surface area contributed by atoms with E-state index < -0.39 is 6.10 Å². The third kappa shape index (κ3) is 3.74. The molecule has 0 amide bonds. The summed E-state index contributed by atoms with van der Waals surface area (Å²) < 4.78 is 18.0.